The fraction of sp³-hybridized carbons (Fsp3) is 0.562. The first-order valence-electron chi connectivity index (χ1n) is 7.43. The average molecular weight is 275 g/mol. The highest BCUT2D eigenvalue weighted by Crippen LogP contribution is 2.31. The van der Waals surface area contributed by atoms with Crippen molar-refractivity contribution in [1.29, 1.82) is 0 Å². The minimum Gasteiger partial charge on any atom is -0.485 e. The van der Waals surface area contributed by atoms with Gasteiger partial charge in [-0.15, -0.1) is 0 Å². The summed E-state index contributed by atoms with van der Waals surface area (Å²) in [5.74, 6) is 1.85. The fourth-order valence-electron chi connectivity index (χ4n) is 2.96. The van der Waals surface area contributed by atoms with Gasteiger partial charge in [-0.3, -0.25) is 4.79 Å². The van der Waals surface area contributed by atoms with E-state index in [1.165, 1.54) is 19.3 Å². The Morgan fingerprint density at radius 3 is 2.75 bits per heavy atom. The number of rotatable bonds is 2. The second kappa shape index (κ2) is 5.73. The quantitative estimate of drug-likeness (QED) is 0.902. The van der Waals surface area contributed by atoms with Gasteiger partial charge in [0, 0.05) is 6.04 Å². The summed E-state index contributed by atoms with van der Waals surface area (Å²) in [6.45, 7) is 2.49. The molecule has 0 bridgehead atoms. The normalized spacial score (nSPS) is 28.8. The van der Waals surface area contributed by atoms with Crippen LogP contribution in [0.15, 0.2) is 24.3 Å². The highest BCUT2D eigenvalue weighted by molar-refractivity contribution is 5.82. The molecule has 1 aliphatic heterocycles. The Morgan fingerprint density at radius 1 is 1.20 bits per heavy atom. The molecule has 1 aromatic carbocycles. The molecule has 0 spiro atoms. The standard InChI is InChI=1S/C16H21NO3/c1-11-6-2-3-7-12(11)17-16(18)15-10-19-13-8-4-5-9-14(13)20-15/h4-5,8-9,11-12,15H,2-3,6-7,10H2,1H3,(H,17,18)/t11-,12+,15-/m1/s1. The summed E-state index contributed by atoms with van der Waals surface area (Å²) >= 11 is 0. The molecule has 1 amide bonds. The maximum absolute atomic E-state index is 12.3. The third kappa shape index (κ3) is 2.74. The van der Waals surface area contributed by atoms with Crippen LogP contribution in [0.5, 0.6) is 11.5 Å². The van der Waals surface area contributed by atoms with Crippen molar-refractivity contribution < 1.29 is 14.3 Å². The highest BCUT2D eigenvalue weighted by Gasteiger charge is 2.30. The second-order valence-corrected chi connectivity index (χ2v) is 5.74. The van der Waals surface area contributed by atoms with Crippen LogP contribution < -0.4 is 14.8 Å². The summed E-state index contributed by atoms with van der Waals surface area (Å²) in [7, 11) is 0. The Kier molecular flexibility index (Phi) is 3.81. The van der Waals surface area contributed by atoms with Crippen molar-refractivity contribution >= 4 is 5.91 Å². The molecule has 0 unspecified atom stereocenters. The van der Waals surface area contributed by atoms with Crippen LogP contribution >= 0.6 is 0 Å². The summed E-state index contributed by atoms with van der Waals surface area (Å²) in [6.07, 6.45) is 4.18. The van der Waals surface area contributed by atoms with E-state index in [4.69, 9.17) is 9.47 Å². The summed E-state index contributed by atoms with van der Waals surface area (Å²) in [6, 6.07) is 7.74. The van der Waals surface area contributed by atoms with Gasteiger partial charge in [0.2, 0.25) is 6.10 Å². The lowest BCUT2D eigenvalue weighted by atomic mass is 9.86. The van der Waals surface area contributed by atoms with Gasteiger partial charge in [-0.05, 0) is 30.9 Å². The van der Waals surface area contributed by atoms with E-state index >= 15 is 0 Å². The van der Waals surface area contributed by atoms with Crippen molar-refractivity contribution in [3.8, 4) is 11.5 Å². The number of hydrogen-bond donors (Lipinski definition) is 1. The zero-order valence-electron chi connectivity index (χ0n) is 11.8. The second-order valence-electron chi connectivity index (χ2n) is 5.74. The number of benzene rings is 1. The molecule has 1 N–H and O–H groups in total. The van der Waals surface area contributed by atoms with Gasteiger partial charge in [0.05, 0.1) is 0 Å². The van der Waals surface area contributed by atoms with E-state index in [-0.39, 0.29) is 18.6 Å². The molecule has 3 rings (SSSR count). The third-order valence-electron chi connectivity index (χ3n) is 4.24. The number of carbonyl (C=O) groups is 1. The van der Waals surface area contributed by atoms with E-state index in [1.807, 2.05) is 24.3 Å². The topological polar surface area (TPSA) is 47.6 Å². The van der Waals surface area contributed by atoms with Crippen molar-refractivity contribution in [1.82, 2.24) is 5.32 Å². The van der Waals surface area contributed by atoms with Crippen molar-refractivity contribution in [2.45, 2.75) is 44.8 Å². The van der Waals surface area contributed by atoms with E-state index in [0.29, 0.717) is 17.4 Å². The van der Waals surface area contributed by atoms with Gasteiger partial charge >= 0.3 is 0 Å². The molecule has 0 saturated heterocycles. The number of hydrogen-bond acceptors (Lipinski definition) is 3. The first kappa shape index (κ1) is 13.3. The van der Waals surface area contributed by atoms with Gasteiger partial charge in [0.1, 0.15) is 6.61 Å². The maximum atomic E-state index is 12.3. The lowest BCUT2D eigenvalue weighted by Gasteiger charge is -2.32. The molecule has 0 aromatic heterocycles. The van der Waals surface area contributed by atoms with Crippen molar-refractivity contribution in [3.63, 3.8) is 0 Å². The number of para-hydroxylation sites is 2. The van der Waals surface area contributed by atoms with Crippen LogP contribution in [0.25, 0.3) is 0 Å². The molecule has 1 aliphatic carbocycles. The van der Waals surface area contributed by atoms with Crippen LogP contribution in [-0.4, -0.2) is 24.7 Å². The fourth-order valence-corrected chi connectivity index (χ4v) is 2.96. The van der Waals surface area contributed by atoms with Gasteiger partial charge < -0.3 is 14.8 Å². The number of carbonyl (C=O) groups excluding carboxylic acids is 1. The van der Waals surface area contributed by atoms with Crippen LogP contribution in [0, 0.1) is 5.92 Å². The van der Waals surface area contributed by atoms with Crippen LogP contribution in [-0.2, 0) is 4.79 Å². The van der Waals surface area contributed by atoms with Crippen molar-refractivity contribution in [3.05, 3.63) is 24.3 Å². The molecule has 108 valence electrons. The monoisotopic (exact) mass is 275 g/mol. The molecular weight excluding hydrogens is 254 g/mol. The lowest BCUT2D eigenvalue weighted by molar-refractivity contribution is -0.131. The van der Waals surface area contributed by atoms with E-state index in [1.54, 1.807) is 0 Å². The van der Waals surface area contributed by atoms with Crippen LogP contribution in [0.1, 0.15) is 32.6 Å². The number of nitrogens with one attached hydrogen (secondary N) is 1. The molecule has 2 aliphatic rings. The predicted molar refractivity (Wildman–Crippen MR) is 75.9 cm³/mol. The summed E-state index contributed by atoms with van der Waals surface area (Å²) in [4.78, 5) is 12.3. The minimum absolute atomic E-state index is 0.0572. The van der Waals surface area contributed by atoms with Crippen LogP contribution in [0.3, 0.4) is 0 Å². The van der Waals surface area contributed by atoms with Gasteiger partial charge in [-0.25, -0.2) is 0 Å². The Bertz CT molecular complexity index is 488. The molecular formula is C16H21NO3. The van der Waals surface area contributed by atoms with E-state index < -0.39 is 6.10 Å². The summed E-state index contributed by atoms with van der Waals surface area (Å²) in [5, 5.41) is 3.13. The molecule has 1 fully saturated rings. The number of fused-ring (bicyclic) bond motifs is 1. The lowest BCUT2D eigenvalue weighted by Crippen LogP contribution is -2.50. The van der Waals surface area contributed by atoms with E-state index in [9.17, 15) is 4.79 Å². The molecule has 4 nitrogen and oxygen atoms in total. The molecule has 0 radical (unpaired) electrons. The Hall–Kier alpha value is -1.71. The zero-order valence-corrected chi connectivity index (χ0v) is 11.8. The van der Waals surface area contributed by atoms with Gasteiger partial charge in [0.15, 0.2) is 11.5 Å². The average Bonchev–Trinajstić information content (AvgIpc) is 2.49. The smallest absolute Gasteiger partial charge is 0.264 e. The summed E-state index contributed by atoms with van der Waals surface area (Å²) in [5.41, 5.74) is 0. The Balaban J connectivity index is 1.61. The zero-order chi connectivity index (χ0) is 13.9. The Labute approximate surface area is 119 Å². The van der Waals surface area contributed by atoms with E-state index in [2.05, 4.69) is 12.2 Å². The first-order chi connectivity index (χ1) is 9.74. The molecule has 1 aromatic rings. The largest absolute Gasteiger partial charge is 0.485 e. The first-order valence-corrected chi connectivity index (χ1v) is 7.43. The van der Waals surface area contributed by atoms with Crippen molar-refractivity contribution in [2.75, 3.05) is 6.61 Å². The minimum atomic E-state index is -0.543. The maximum Gasteiger partial charge on any atom is 0.264 e. The van der Waals surface area contributed by atoms with Gasteiger partial charge in [-0.1, -0.05) is 31.9 Å². The molecule has 3 atom stereocenters. The molecule has 1 saturated carbocycles. The van der Waals surface area contributed by atoms with Crippen LogP contribution in [0.2, 0.25) is 0 Å². The van der Waals surface area contributed by atoms with Gasteiger partial charge in [0.25, 0.3) is 5.91 Å². The molecule has 1 heterocycles. The third-order valence-corrected chi connectivity index (χ3v) is 4.24. The number of ether oxygens (including phenoxy) is 2. The molecule has 4 heteroatoms. The van der Waals surface area contributed by atoms with Gasteiger partial charge in [-0.2, -0.15) is 0 Å². The SMILES string of the molecule is C[C@@H]1CCCC[C@@H]1NC(=O)[C@H]1COc2ccccc2O1. The number of amides is 1. The van der Waals surface area contributed by atoms with E-state index in [0.717, 1.165) is 6.42 Å². The predicted octanol–water partition coefficient (Wildman–Crippen LogP) is 2.52. The molecule has 20 heavy (non-hydrogen) atoms. The highest BCUT2D eigenvalue weighted by atomic mass is 16.6. The van der Waals surface area contributed by atoms with Crippen LogP contribution in [0.4, 0.5) is 0 Å². The Morgan fingerprint density at radius 2 is 1.95 bits per heavy atom. The van der Waals surface area contributed by atoms with Crippen molar-refractivity contribution in [2.24, 2.45) is 5.92 Å². The summed E-state index contributed by atoms with van der Waals surface area (Å²) < 4.78 is 11.3.